The molecule has 1 aromatic rings. The average Bonchev–Trinajstić information content (AvgIpc) is 3.26. The molecule has 4 N–H and O–H groups in total. The molecule has 0 saturated carbocycles. The molecule has 0 aromatic heterocycles. The predicted octanol–water partition coefficient (Wildman–Crippen LogP) is 4.24. The number of unbranched alkanes of at least 4 members (excludes halogenated alkanes) is 3. The summed E-state index contributed by atoms with van der Waals surface area (Å²) in [5, 5.41) is 12.3. The summed E-state index contributed by atoms with van der Waals surface area (Å²) in [6, 6.07) is 6.43. The van der Waals surface area contributed by atoms with E-state index in [0.717, 1.165) is 57.1 Å². The summed E-state index contributed by atoms with van der Waals surface area (Å²) in [5.41, 5.74) is 0.842. The van der Waals surface area contributed by atoms with E-state index in [9.17, 15) is 14.4 Å². The third-order valence-electron chi connectivity index (χ3n) is 5.63. The molecule has 10 heteroatoms. The summed E-state index contributed by atoms with van der Waals surface area (Å²) in [5.74, 6) is 1.11. The van der Waals surface area contributed by atoms with Gasteiger partial charge < -0.3 is 21.3 Å². The molecule has 32 heavy (non-hydrogen) atoms. The van der Waals surface area contributed by atoms with Crippen molar-refractivity contribution in [2.75, 3.05) is 17.6 Å². The minimum atomic E-state index is -0.0499. The van der Waals surface area contributed by atoms with Gasteiger partial charge in [0.2, 0.25) is 11.8 Å². The number of hydrogen-bond donors (Lipinski definition) is 4. The van der Waals surface area contributed by atoms with Gasteiger partial charge in [-0.2, -0.15) is 11.8 Å². The van der Waals surface area contributed by atoms with E-state index in [1.807, 2.05) is 23.9 Å². The van der Waals surface area contributed by atoms with Gasteiger partial charge in [-0.15, -0.1) is 0 Å². The standard InChI is InChI=1S/C22H30I2N4O3S/c23-14-10-15(24)12-16(11-14)26-20(30)8-2-1-5-9-25-19(29)7-4-3-6-18-21-17(13-32-18)27-22(31)28-21/h10-12,17-18,21H,1-9,13H2,(H,25,29)(H,26,30)(H2,27,28,31)/t17-,18?,21?/m0/s1. The Hall–Kier alpha value is -0.760. The molecule has 0 spiro atoms. The molecule has 2 unspecified atom stereocenters. The number of thioether (sulfide) groups is 1. The normalized spacial score (nSPS) is 21.6. The Labute approximate surface area is 221 Å². The van der Waals surface area contributed by atoms with Crippen LogP contribution in [0.4, 0.5) is 10.5 Å². The number of carbonyl (C=O) groups excluding carboxylic acids is 3. The third kappa shape index (κ3) is 8.54. The van der Waals surface area contributed by atoms with Crippen LogP contribution >= 0.6 is 56.9 Å². The Kier molecular flexibility index (Phi) is 10.7. The average molecular weight is 684 g/mol. The number of hydrogen-bond acceptors (Lipinski definition) is 4. The quantitative estimate of drug-likeness (QED) is 0.151. The first-order chi connectivity index (χ1) is 15.4. The molecular weight excluding hydrogens is 654 g/mol. The Morgan fingerprint density at radius 3 is 2.47 bits per heavy atom. The molecule has 2 aliphatic heterocycles. The maximum atomic E-state index is 12.1. The summed E-state index contributed by atoms with van der Waals surface area (Å²) >= 11 is 6.40. The molecule has 2 aliphatic rings. The van der Waals surface area contributed by atoms with E-state index in [0.29, 0.717) is 24.6 Å². The predicted molar refractivity (Wildman–Crippen MR) is 146 cm³/mol. The highest BCUT2D eigenvalue weighted by Crippen LogP contribution is 2.33. The minimum Gasteiger partial charge on any atom is -0.356 e. The monoisotopic (exact) mass is 684 g/mol. The van der Waals surface area contributed by atoms with E-state index in [1.165, 1.54) is 0 Å². The summed E-state index contributed by atoms with van der Waals surface area (Å²) in [6.07, 6.45) is 6.56. The second-order valence-corrected chi connectivity index (χ2v) is 12.0. The molecule has 4 amide bonds. The van der Waals surface area contributed by atoms with Crippen LogP contribution in [0.5, 0.6) is 0 Å². The van der Waals surface area contributed by atoms with Gasteiger partial charge in [0.05, 0.1) is 12.1 Å². The molecular formula is C22H30I2N4O3S. The van der Waals surface area contributed by atoms with E-state index in [4.69, 9.17) is 0 Å². The van der Waals surface area contributed by atoms with Crippen LogP contribution in [0.2, 0.25) is 0 Å². The number of carbonyl (C=O) groups is 3. The number of urea groups is 1. The number of benzene rings is 1. The Morgan fingerprint density at radius 1 is 0.969 bits per heavy atom. The Balaban J connectivity index is 1.16. The largest absolute Gasteiger partial charge is 0.356 e. The van der Waals surface area contributed by atoms with Crippen molar-refractivity contribution in [1.82, 2.24) is 16.0 Å². The van der Waals surface area contributed by atoms with Crippen LogP contribution in [0.15, 0.2) is 18.2 Å². The van der Waals surface area contributed by atoms with Crippen LogP contribution in [0.1, 0.15) is 51.4 Å². The van der Waals surface area contributed by atoms with Crippen LogP contribution in [-0.4, -0.2) is 47.5 Å². The van der Waals surface area contributed by atoms with Crippen molar-refractivity contribution >= 4 is 80.5 Å². The SMILES string of the molecule is O=C(CCCCC1SC[C@@H]2NC(=O)NC12)NCCCCCC(=O)Nc1cc(I)cc(I)c1. The molecule has 176 valence electrons. The summed E-state index contributed by atoms with van der Waals surface area (Å²) in [4.78, 5) is 35.5. The van der Waals surface area contributed by atoms with Crippen molar-refractivity contribution in [1.29, 1.82) is 0 Å². The van der Waals surface area contributed by atoms with Gasteiger partial charge in [-0.25, -0.2) is 4.79 Å². The molecule has 3 atom stereocenters. The van der Waals surface area contributed by atoms with Crippen molar-refractivity contribution < 1.29 is 14.4 Å². The van der Waals surface area contributed by atoms with E-state index >= 15 is 0 Å². The molecule has 2 heterocycles. The van der Waals surface area contributed by atoms with Gasteiger partial charge >= 0.3 is 6.03 Å². The smallest absolute Gasteiger partial charge is 0.315 e. The lowest BCUT2D eigenvalue weighted by Gasteiger charge is -2.16. The molecule has 0 aliphatic carbocycles. The Morgan fingerprint density at radius 2 is 1.69 bits per heavy atom. The lowest BCUT2D eigenvalue weighted by Crippen LogP contribution is -2.36. The maximum absolute atomic E-state index is 12.1. The van der Waals surface area contributed by atoms with Gasteiger partial charge in [0.25, 0.3) is 0 Å². The third-order valence-corrected chi connectivity index (χ3v) is 8.38. The Bertz CT molecular complexity index is 806. The van der Waals surface area contributed by atoms with Crippen LogP contribution in [0.3, 0.4) is 0 Å². The van der Waals surface area contributed by atoms with Gasteiger partial charge in [0.15, 0.2) is 0 Å². The highest BCUT2D eigenvalue weighted by Gasteiger charge is 2.42. The second kappa shape index (κ2) is 13.2. The van der Waals surface area contributed by atoms with E-state index in [2.05, 4.69) is 72.5 Å². The molecule has 0 radical (unpaired) electrons. The van der Waals surface area contributed by atoms with Gasteiger partial charge in [-0.1, -0.05) is 12.8 Å². The fourth-order valence-electron chi connectivity index (χ4n) is 4.03. The number of rotatable bonds is 12. The topological polar surface area (TPSA) is 99.3 Å². The highest BCUT2D eigenvalue weighted by molar-refractivity contribution is 14.1. The van der Waals surface area contributed by atoms with E-state index in [-0.39, 0.29) is 29.9 Å². The van der Waals surface area contributed by atoms with Crippen LogP contribution in [0, 0.1) is 7.14 Å². The van der Waals surface area contributed by atoms with Crippen molar-refractivity contribution in [2.45, 2.75) is 68.7 Å². The zero-order chi connectivity index (χ0) is 22.9. The van der Waals surface area contributed by atoms with Crippen LogP contribution in [0.25, 0.3) is 0 Å². The van der Waals surface area contributed by atoms with Crippen molar-refractivity contribution in [2.24, 2.45) is 0 Å². The van der Waals surface area contributed by atoms with E-state index < -0.39 is 0 Å². The number of anilines is 1. The molecule has 1 aromatic carbocycles. The first kappa shape index (κ1) is 25.9. The van der Waals surface area contributed by atoms with Crippen molar-refractivity contribution in [3.63, 3.8) is 0 Å². The lowest BCUT2D eigenvalue weighted by atomic mass is 10.0. The molecule has 3 rings (SSSR count). The maximum Gasteiger partial charge on any atom is 0.315 e. The number of fused-ring (bicyclic) bond motifs is 1. The zero-order valence-electron chi connectivity index (χ0n) is 17.9. The van der Waals surface area contributed by atoms with Crippen LogP contribution < -0.4 is 21.3 Å². The first-order valence-electron chi connectivity index (χ1n) is 11.1. The van der Waals surface area contributed by atoms with Gasteiger partial charge in [0, 0.05) is 43.2 Å². The number of amides is 4. The number of nitrogens with one attached hydrogen (secondary N) is 4. The lowest BCUT2D eigenvalue weighted by molar-refractivity contribution is -0.121. The first-order valence-corrected chi connectivity index (χ1v) is 14.3. The summed E-state index contributed by atoms with van der Waals surface area (Å²) in [6.45, 7) is 0.662. The minimum absolute atomic E-state index is 0.0338. The number of halogens is 2. The van der Waals surface area contributed by atoms with Crippen molar-refractivity contribution in [3.05, 3.63) is 25.3 Å². The fourth-order valence-corrected chi connectivity index (χ4v) is 7.51. The van der Waals surface area contributed by atoms with Crippen molar-refractivity contribution in [3.8, 4) is 0 Å². The van der Waals surface area contributed by atoms with Gasteiger partial charge in [0.1, 0.15) is 0 Å². The zero-order valence-corrected chi connectivity index (χ0v) is 23.1. The highest BCUT2D eigenvalue weighted by atomic mass is 127. The molecule has 0 bridgehead atoms. The summed E-state index contributed by atoms with van der Waals surface area (Å²) in [7, 11) is 0. The second-order valence-electron chi connectivity index (χ2n) is 8.23. The molecule has 7 nitrogen and oxygen atoms in total. The van der Waals surface area contributed by atoms with E-state index in [1.54, 1.807) is 0 Å². The molecule has 2 fully saturated rings. The van der Waals surface area contributed by atoms with Gasteiger partial charge in [-0.3, -0.25) is 9.59 Å². The van der Waals surface area contributed by atoms with Crippen LogP contribution in [-0.2, 0) is 9.59 Å². The summed E-state index contributed by atoms with van der Waals surface area (Å²) < 4.78 is 2.21. The fraction of sp³-hybridized carbons (Fsp3) is 0.591. The molecule has 2 saturated heterocycles. The van der Waals surface area contributed by atoms with Gasteiger partial charge in [-0.05, 0) is 89.1 Å².